The second-order valence-electron chi connectivity index (χ2n) is 6.60. The summed E-state index contributed by atoms with van der Waals surface area (Å²) in [5, 5.41) is 7.39. The summed E-state index contributed by atoms with van der Waals surface area (Å²) in [6, 6.07) is 0. The van der Waals surface area contributed by atoms with Gasteiger partial charge < -0.3 is 15.0 Å². The van der Waals surface area contributed by atoms with Crippen LogP contribution >= 0.6 is 0 Å². The molecule has 22 heavy (non-hydrogen) atoms. The number of anilines is 1. The van der Waals surface area contributed by atoms with Gasteiger partial charge in [-0.2, -0.15) is 5.10 Å². The van der Waals surface area contributed by atoms with Gasteiger partial charge >= 0.3 is 0 Å². The van der Waals surface area contributed by atoms with Gasteiger partial charge in [0.1, 0.15) is 0 Å². The third-order valence-corrected chi connectivity index (χ3v) is 4.68. The Bertz CT molecular complexity index is 496. The van der Waals surface area contributed by atoms with Crippen molar-refractivity contribution < 1.29 is 9.53 Å². The van der Waals surface area contributed by atoms with Crippen molar-refractivity contribution in [3.05, 3.63) is 12.4 Å². The molecule has 0 aromatic carbocycles. The zero-order valence-corrected chi connectivity index (χ0v) is 13.3. The SMILES string of the molecule is CN1CCCC(C(=O)Nc2cnn(CC3CCOCC3)c2)C1. The normalized spacial score (nSPS) is 24.3. The van der Waals surface area contributed by atoms with Gasteiger partial charge in [0.15, 0.2) is 0 Å². The molecule has 0 saturated carbocycles. The molecule has 2 aliphatic rings. The average Bonchev–Trinajstić information content (AvgIpc) is 2.95. The summed E-state index contributed by atoms with van der Waals surface area (Å²) in [7, 11) is 2.07. The largest absolute Gasteiger partial charge is 0.381 e. The second kappa shape index (κ2) is 7.24. The van der Waals surface area contributed by atoms with E-state index < -0.39 is 0 Å². The highest BCUT2D eigenvalue weighted by molar-refractivity contribution is 5.92. The topological polar surface area (TPSA) is 59.4 Å². The third-order valence-electron chi connectivity index (χ3n) is 4.68. The van der Waals surface area contributed by atoms with Crippen molar-refractivity contribution in [2.75, 3.05) is 38.7 Å². The Hall–Kier alpha value is -1.40. The van der Waals surface area contributed by atoms with Gasteiger partial charge in [-0.25, -0.2) is 0 Å². The molecule has 122 valence electrons. The molecule has 2 fully saturated rings. The molecule has 1 N–H and O–H groups in total. The highest BCUT2D eigenvalue weighted by Gasteiger charge is 2.24. The maximum atomic E-state index is 12.3. The standard InChI is InChI=1S/C16H26N4O2/c1-19-6-2-3-14(11-19)16(21)18-15-9-17-20(12-15)10-13-4-7-22-8-5-13/h9,12-14H,2-8,10-11H2,1H3,(H,18,21). The molecule has 1 aromatic heterocycles. The van der Waals surface area contributed by atoms with E-state index in [0.29, 0.717) is 5.92 Å². The first-order valence-corrected chi connectivity index (χ1v) is 8.30. The van der Waals surface area contributed by atoms with E-state index in [9.17, 15) is 4.79 Å². The van der Waals surface area contributed by atoms with Crippen molar-refractivity contribution in [1.29, 1.82) is 0 Å². The van der Waals surface area contributed by atoms with E-state index in [1.165, 1.54) is 0 Å². The lowest BCUT2D eigenvalue weighted by Gasteiger charge is -2.28. The summed E-state index contributed by atoms with van der Waals surface area (Å²) in [6.45, 7) is 4.55. The fourth-order valence-electron chi connectivity index (χ4n) is 3.35. The molecule has 2 aliphatic heterocycles. The van der Waals surface area contributed by atoms with Crippen LogP contribution in [0.15, 0.2) is 12.4 Å². The Balaban J connectivity index is 1.51. The van der Waals surface area contributed by atoms with Crippen LogP contribution in [0.4, 0.5) is 5.69 Å². The molecular weight excluding hydrogens is 280 g/mol. The molecule has 2 saturated heterocycles. The first-order valence-electron chi connectivity index (χ1n) is 8.30. The van der Waals surface area contributed by atoms with Crippen LogP contribution in [0.2, 0.25) is 0 Å². The van der Waals surface area contributed by atoms with Gasteiger partial charge in [-0.1, -0.05) is 0 Å². The Morgan fingerprint density at radius 3 is 3.00 bits per heavy atom. The van der Waals surface area contributed by atoms with E-state index in [0.717, 1.165) is 64.2 Å². The summed E-state index contributed by atoms with van der Waals surface area (Å²) in [5.41, 5.74) is 0.810. The molecule has 0 aliphatic carbocycles. The van der Waals surface area contributed by atoms with Crippen molar-refractivity contribution in [2.24, 2.45) is 11.8 Å². The predicted octanol–water partition coefficient (Wildman–Crippen LogP) is 1.59. The summed E-state index contributed by atoms with van der Waals surface area (Å²) in [5.74, 6) is 0.846. The van der Waals surface area contributed by atoms with E-state index in [1.54, 1.807) is 6.20 Å². The lowest BCUT2D eigenvalue weighted by Crippen LogP contribution is -2.38. The van der Waals surface area contributed by atoms with Crippen LogP contribution in [0.1, 0.15) is 25.7 Å². The third kappa shape index (κ3) is 4.08. The van der Waals surface area contributed by atoms with Gasteiger partial charge in [0, 0.05) is 32.5 Å². The van der Waals surface area contributed by atoms with Crippen molar-refractivity contribution in [1.82, 2.24) is 14.7 Å². The number of nitrogens with zero attached hydrogens (tertiary/aromatic N) is 3. The first-order chi connectivity index (χ1) is 10.7. The Morgan fingerprint density at radius 1 is 1.41 bits per heavy atom. The van der Waals surface area contributed by atoms with Crippen molar-refractivity contribution >= 4 is 11.6 Å². The highest BCUT2D eigenvalue weighted by Crippen LogP contribution is 2.19. The van der Waals surface area contributed by atoms with Gasteiger partial charge in [-0.15, -0.1) is 0 Å². The molecule has 3 rings (SSSR count). The van der Waals surface area contributed by atoms with Crippen molar-refractivity contribution in [3.8, 4) is 0 Å². The monoisotopic (exact) mass is 306 g/mol. The quantitative estimate of drug-likeness (QED) is 0.918. The van der Waals surface area contributed by atoms with Crippen LogP contribution in [0.5, 0.6) is 0 Å². The molecule has 6 nitrogen and oxygen atoms in total. The molecule has 1 unspecified atom stereocenters. The number of aromatic nitrogens is 2. The maximum absolute atomic E-state index is 12.3. The fraction of sp³-hybridized carbons (Fsp3) is 0.750. The molecule has 0 radical (unpaired) electrons. The number of piperidine rings is 1. The smallest absolute Gasteiger partial charge is 0.228 e. The number of carbonyl (C=O) groups is 1. The van der Waals surface area contributed by atoms with Gasteiger partial charge in [0.25, 0.3) is 0 Å². The average molecular weight is 306 g/mol. The summed E-state index contributed by atoms with van der Waals surface area (Å²) in [6.07, 6.45) is 7.96. The lowest BCUT2D eigenvalue weighted by molar-refractivity contribution is -0.121. The molecule has 1 amide bonds. The number of ether oxygens (including phenoxy) is 1. The number of hydrogen-bond donors (Lipinski definition) is 1. The maximum Gasteiger partial charge on any atom is 0.228 e. The molecule has 0 spiro atoms. The predicted molar refractivity (Wildman–Crippen MR) is 84.6 cm³/mol. The Kier molecular flexibility index (Phi) is 5.10. The summed E-state index contributed by atoms with van der Waals surface area (Å²) in [4.78, 5) is 14.5. The second-order valence-corrected chi connectivity index (χ2v) is 6.60. The van der Waals surface area contributed by atoms with Gasteiger partial charge in [0.2, 0.25) is 5.91 Å². The summed E-state index contributed by atoms with van der Waals surface area (Å²) >= 11 is 0. The van der Waals surface area contributed by atoms with E-state index >= 15 is 0 Å². The number of carbonyl (C=O) groups excluding carboxylic acids is 1. The molecular formula is C16H26N4O2. The Morgan fingerprint density at radius 2 is 2.23 bits per heavy atom. The van der Waals surface area contributed by atoms with E-state index in [2.05, 4.69) is 22.4 Å². The van der Waals surface area contributed by atoms with E-state index in [-0.39, 0.29) is 11.8 Å². The number of hydrogen-bond acceptors (Lipinski definition) is 4. The fourth-order valence-corrected chi connectivity index (χ4v) is 3.35. The van der Waals surface area contributed by atoms with Crippen LogP contribution in [0.3, 0.4) is 0 Å². The minimum absolute atomic E-state index is 0.0950. The number of amides is 1. The molecule has 1 atom stereocenters. The van der Waals surface area contributed by atoms with Gasteiger partial charge in [-0.05, 0) is 45.2 Å². The number of nitrogens with one attached hydrogen (secondary N) is 1. The number of likely N-dealkylation sites (tertiary alicyclic amines) is 1. The first kappa shape index (κ1) is 15.5. The molecule has 3 heterocycles. The molecule has 0 bridgehead atoms. The molecule has 1 aromatic rings. The van der Waals surface area contributed by atoms with Crippen LogP contribution in [-0.2, 0) is 16.1 Å². The van der Waals surface area contributed by atoms with Crippen LogP contribution in [0, 0.1) is 11.8 Å². The van der Waals surface area contributed by atoms with E-state index in [4.69, 9.17) is 4.74 Å². The summed E-state index contributed by atoms with van der Waals surface area (Å²) < 4.78 is 7.32. The zero-order valence-electron chi connectivity index (χ0n) is 13.3. The zero-order chi connectivity index (χ0) is 15.4. The minimum atomic E-state index is 0.0950. The van der Waals surface area contributed by atoms with Gasteiger partial charge in [-0.3, -0.25) is 9.48 Å². The van der Waals surface area contributed by atoms with Crippen LogP contribution < -0.4 is 5.32 Å². The lowest BCUT2D eigenvalue weighted by atomic mass is 9.97. The van der Waals surface area contributed by atoms with Crippen molar-refractivity contribution in [2.45, 2.75) is 32.2 Å². The van der Waals surface area contributed by atoms with Crippen LogP contribution in [0.25, 0.3) is 0 Å². The van der Waals surface area contributed by atoms with E-state index in [1.807, 2.05) is 10.9 Å². The van der Waals surface area contributed by atoms with Crippen LogP contribution in [-0.4, -0.2) is 53.9 Å². The highest BCUT2D eigenvalue weighted by atomic mass is 16.5. The number of rotatable bonds is 4. The van der Waals surface area contributed by atoms with Gasteiger partial charge in [0.05, 0.1) is 17.8 Å². The molecule has 6 heteroatoms. The van der Waals surface area contributed by atoms with Crippen molar-refractivity contribution in [3.63, 3.8) is 0 Å². The minimum Gasteiger partial charge on any atom is -0.381 e. The Labute approximate surface area is 131 Å².